The molecule has 0 N–H and O–H groups in total. The van der Waals surface area contributed by atoms with Crippen molar-refractivity contribution in [1.29, 1.82) is 0 Å². The summed E-state index contributed by atoms with van der Waals surface area (Å²) in [5.74, 6) is 0. The lowest BCUT2D eigenvalue weighted by Crippen LogP contribution is -1.90. The largest absolute Gasteiger partial charge is 0.298 e. The number of hydrogen-bond acceptors (Lipinski definition) is 1. The van der Waals surface area contributed by atoms with Crippen molar-refractivity contribution in [3.63, 3.8) is 0 Å². The first kappa shape index (κ1) is 15.4. The Bertz CT molecular complexity index is 209. The van der Waals surface area contributed by atoms with Gasteiger partial charge in [-0.3, -0.25) is 4.79 Å². The van der Waals surface area contributed by atoms with Crippen molar-refractivity contribution in [2.45, 2.75) is 40.5 Å². The lowest BCUT2D eigenvalue weighted by atomic mass is 10.0. The van der Waals surface area contributed by atoms with E-state index >= 15 is 0 Å². The summed E-state index contributed by atoms with van der Waals surface area (Å²) in [5.41, 5.74) is 1.85. The van der Waals surface area contributed by atoms with Crippen molar-refractivity contribution in [3.8, 4) is 0 Å². The van der Waals surface area contributed by atoms with Crippen molar-refractivity contribution in [3.05, 3.63) is 36.0 Å². The van der Waals surface area contributed by atoms with Crippen molar-refractivity contribution in [2.24, 2.45) is 0 Å². The van der Waals surface area contributed by atoms with E-state index in [-0.39, 0.29) is 0 Å². The Morgan fingerprint density at radius 1 is 1.36 bits per heavy atom. The molecule has 0 amide bonds. The monoisotopic (exact) mass is 194 g/mol. The molecule has 1 nitrogen and oxygen atoms in total. The zero-order valence-electron chi connectivity index (χ0n) is 9.84. The smallest absolute Gasteiger partial charge is 0.149 e. The van der Waals surface area contributed by atoms with Crippen LogP contribution < -0.4 is 0 Å². The van der Waals surface area contributed by atoms with E-state index in [0.717, 1.165) is 30.3 Å². The molecular weight excluding hydrogens is 172 g/mol. The van der Waals surface area contributed by atoms with Crippen LogP contribution in [0.2, 0.25) is 0 Å². The molecule has 0 atom stereocenters. The quantitative estimate of drug-likeness (QED) is 0.366. The van der Waals surface area contributed by atoms with Gasteiger partial charge in [0, 0.05) is 5.57 Å². The fourth-order valence-corrected chi connectivity index (χ4v) is 1.06. The average Bonchev–Trinajstić information content (AvgIpc) is 2.23. The zero-order valence-corrected chi connectivity index (χ0v) is 9.84. The number of carbonyl (C=O) groups is 1. The maximum atomic E-state index is 10.6. The van der Waals surface area contributed by atoms with Gasteiger partial charge in [0.25, 0.3) is 0 Å². The first-order chi connectivity index (χ1) is 6.79. The molecule has 0 aliphatic carbocycles. The molecular formula is C13H22O. The first-order valence-corrected chi connectivity index (χ1v) is 5.23. The van der Waals surface area contributed by atoms with Gasteiger partial charge in [0.2, 0.25) is 0 Å². The van der Waals surface area contributed by atoms with Crippen LogP contribution in [0, 0.1) is 0 Å². The number of allylic oxidation sites excluding steroid dienone is 5. The van der Waals surface area contributed by atoms with Gasteiger partial charge in [-0.1, -0.05) is 52.0 Å². The Kier molecular flexibility index (Phi) is 13.1. The third-order valence-electron chi connectivity index (χ3n) is 1.65. The molecule has 0 saturated carbocycles. The van der Waals surface area contributed by atoms with E-state index in [1.165, 1.54) is 0 Å². The molecule has 0 spiro atoms. The van der Waals surface area contributed by atoms with Crippen LogP contribution in [0.3, 0.4) is 0 Å². The molecule has 0 unspecified atom stereocenters. The first-order valence-electron chi connectivity index (χ1n) is 5.23. The zero-order chi connectivity index (χ0) is 11.4. The SMILES string of the molecule is C=C/C=C(CCC)\C(C=O)=C/C.CC. The maximum Gasteiger partial charge on any atom is 0.149 e. The standard InChI is InChI=1S/C11H16O.C2H6/c1-4-7-11(8-5-2)10(6-3)9-12;1-2/h4,6-7,9H,1,5,8H2,2-3H3;1-2H3/b10-6-,11-7-;. The Labute approximate surface area is 88.2 Å². The normalized spacial score (nSPS) is 11.4. The highest BCUT2D eigenvalue weighted by Gasteiger charge is 1.99. The van der Waals surface area contributed by atoms with Gasteiger partial charge >= 0.3 is 0 Å². The van der Waals surface area contributed by atoms with Gasteiger partial charge in [0.05, 0.1) is 0 Å². The third kappa shape index (κ3) is 6.41. The molecule has 0 radical (unpaired) electrons. The lowest BCUT2D eigenvalue weighted by Gasteiger charge is -2.02. The van der Waals surface area contributed by atoms with Crippen LogP contribution in [0.1, 0.15) is 40.5 Å². The molecule has 0 aliphatic heterocycles. The van der Waals surface area contributed by atoms with Crippen LogP contribution in [0.15, 0.2) is 36.0 Å². The molecule has 0 heterocycles. The highest BCUT2D eigenvalue weighted by Crippen LogP contribution is 2.13. The second-order valence-corrected chi connectivity index (χ2v) is 2.54. The summed E-state index contributed by atoms with van der Waals surface area (Å²) >= 11 is 0. The molecule has 0 aromatic carbocycles. The molecule has 0 aliphatic rings. The van der Waals surface area contributed by atoms with Gasteiger partial charge in [-0.2, -0.15) is 0 Å². The van der Waals surface area contributed by atoms with Crippen LogP contribution in [-0.2, 0) is 4.79 Å². The van der Waals surface area contributed by atoms with E-state index in [4.69, 9.17) is 0 Å². The summed E-state index contributed by atoms with van der Waals surface area (Å²) < 4.78 is 0. The van der Waals surface area contributed by atoms with Gasteiger partial charge in [-0.15, -0.1) is 0 Å². The number of rotatable bonds is 5. The van der Waals surface area contributed by atoms with Crippen molar-refractivity contribution < 1.29 is 4.79 Å². The minimum Gasteiger partial charge on any atom is -0.298 e. The van der Waals surface area contributed by atoms with Crippen LogP contribution in [0.4, 0.5) is 0 Å². The van der Waals surface area contributed by atoms with Crippen LogP contribution >= 0.6 is 0 Å². The molecule has 1 heteroatoms. The van der Waals surface area contributed by atoms with Crippen LogP contribution in [0.5, 0.6) is 0 Å². The highest BCUT2D eigenvalue weighted by molar-refractivity contribution is 5.80. The van der Waals surface area contributed by atoms with Gasteiger partial charge in [0.15, 0.2) is 0 Å². The number of carbonyl (C=O) groups excluding carboxylic acids is 1. The average molecular weight is 194 g/mol. The van der Waals surface area contributed by atoms with Gasteiger partial charge < -0.3 is 0 Å². The van der Waals surface area contributed by atoms with Crippen molar-refractivity contribution in [2.75, 3.05) is 0 Å². The highest BCUT2D eigenvalue weighted by atomic mass is 16.1. The number of hydrogen-bond donors (Lipinski definition) is 0. The van der Waals surface area contributed by atoms with E-state index in [2.05, 4.69) is 13.5 Å². The van der Waals surface area contributed by atoms with Gasteiger partial charge in [0.1, 0.15) is 6.29 Å². The minimum atomic E-state index is 0.775. The summed E-state index contributed by atoms with van der Waals surface area (Å²) in [7, 11) is 0. The third-order valence-corrected chi connectivity index (χ3v) is 1.65. The Hall–Kier alpha value is -1.11. The summed E-state index contributed by atoms with van der Waals surface area (Å²) in [4.78, 5) is 10.6. The van der Waals surface area contributed by atoms with Crippen LogP contribution in [-0.4, -0.2) is 6.29 Å². The maximum absolute atomic E-state index is 10.6. The minimum absolute atomic E-state index is 0.775. The molecule has 14 heavy (non-hydrogen) atoms. The summed E-state index contributed by atoms with van der Waals surface area (Å²) in [5, 5.41) is 0. The Morgan fingerprint density at radius 2 is 1.93 bits per heavy atom. The molecule has 0 fully saturated rings. The van der Waals surface area contributed by atoms with E-state index < -0.39 is 0 Å². The van der Waals surface area contributed by atoms with E-state index in [9.17, 15) is 4.79 Å². The fourth-order valence-electron chi connectivity index (χ4n) is 1.06. The molecule has 0 rings (SSSR count). The molecule has 0 saturated heterocycles. The topological polar surface area (TPSA) is 17.1 Å². The van der Waals surface area contributed by atoms with Crippen molar-refractivity contribution >= 4 is 6.29 Å². The lowest BCUT2D eigenvalue weighted by molar-refractivity contribution is -0.104. The van der Waals surface area contributed by atoms with E-state index in [1.54, 1.807) is 6.08 Å². The number of aldehydes is 1. The predicted molar refractivity (Wildman–Crippen MR) is 64.4 cm³/mol. The summed E-state index contributed by atoms with van der Waals surface area (Å²) in [6.45, 7) is 11.6. The molecule has 0 aromatic heterocycles. The second kappa shape index (κ2) is 11.9. The Balaban J connectivity index is 0. The second-order valence-electron chi connectivity index (χ2n) is 2.54. The fraction of sp³-hybridized carbons (Fsp3) is 0.462. The van der Waals surface area contributed by atoms with Crippen LogP contribution in [0.25, 0.3) is 0 Å². The summed E-state index contributed by atoms with van der Waals surface area (Å²) in [6.07, 6.45) is 8.32. The summed E-state index contributed by atoms with van der Waals surface area (Å²) in [6, 6.07) is 0. The van der Waals surface area contributed by atoms with E-state index in [1.807, 2.05) is 32.9 Å². The van der Waals surface area contributed by atoms with Gasteiger partial charge in [-0.05, 0) is 18.9 Å². The van der Waals surface area contributed by atoms with Gasteiger partial charge in [-0.25, -0.2) is 0 Å². The predicted octanol–water partition coefficient (Wildman–Crippen LogP) is 4.07. The molecule has 0 aromatic rings. The van der Waals surface area contributed by atoms with E-state index in [0.29, 0.717) is 0 Å². The van der Waals surface area contributed by atoms with Crippen molar-refractivity contribution in [1.82, 2.24) is 0 Å². The molecule has 80 valence electrons. The Morgan fingerprint density at radius 3 is 2.21 bits per heavy atom. The molecule has 0 bridgehead atoms.